The fourth-order valence-electron chi connectivity index (χ4n) is 2.52. The van der Waals surface area contributed by atoms with Crippen molar-refractivity contribution in [3.63, 3.8) is 0 Å². The van der Waals surface area contributed by atoms with Crippen molar-refractivity contribution >= 4 is 5.91 Å². The van der Waals surface area contributed by atoms with E-state index in [-0.39, 0.29) is 11.9 Å². The van der Waals surface area contributed by atoms with Crippen LogP contribution in [0.2, 0.25) is 0 Å². The lowest BCUT2D eigenvalue weighted by atomic mass is 10.1. The Labute approximate surface area is 120 Å². The summed E-state index contributed by atoms with van der Waals surface area (Å²) >= 11 is 0. The lowest BCUT2D eigenvalue weighted by Gasteiger charge is -2.30. The van der Waals surface area contributed by atoms with E-state index >= 15 is 0 Å². The van der Waals surface area contributed by atoms with Crippen molar-refractivity contribution < 1.29 is 9.53 Å². The summed E-state index contributed by atoms with van der Waals surface area (Å²) in [5.41, 5.74) is 7.02. The number of carbonyl (C=O) groups is 1. The first kappa shape index (κ1) is 14.9. The lowest BCUT2D eigenvalue weighted by molar-refractivity contribution is -0.132. The van der Waals surface area contributed by atoms with Crippen LogP contribution in [0.4, 0.5) is 0 Å². The highest BCUT2D eigenvalue weighted by Gasteiger charge is 2.20. The average Bonchev–Trinajstić information content (AvgIpc) is 2.45. The number of benzene rings is 1. The first-order valence-electron chi connectivity index (χ1n) is 7.38. The molecule has 1 aromatic carbocycles. The number of hydrogen-bond donors (Lipinski definition) is 1. The van der Waals surface area contributed by atoms with Gasteiger partial charge in [-0.25, -0.2) is 0 Å². The summed E-state index contributed by atoms with van der Waals surface area (Å²) in [5.74, 6) is 1.11. The molecule has 0 saturated carbocycles. The normalized spacial score (nSPS) is 18.9. The van der Waals surface area contributed by atoms with Gasteiger partial charge in [0.1, 0.15) is 5.75 Å². The number of hydrogen-bond acceptors (Lipinski definition) is 3. The van der Waals surface area contributed by atoms with Crippen molar-refractivity contribution in [2.45, 2.75) is 38.6 Å². The molecule has 1 atom stereocenters. The van der Waals surface area contributed by atoms with Gasteiger partial charge in [-0.05, 0) is 37.8 Å². The molecule has 2 N–H and O–H groups in total. The van der Waals surface area contributed by atoms with Gasteiger partial charge >= 0.3 is 0 Å². The third-order valence-electron chi connectivity index (χ3n) is 3.70. The number of aryl methyl sites for hydroxylation is 1. The van der Waals surface area contributed by atoms with E-state index in [1.165, 1.54) is 0 Å². The van der Waals surface area contributed by atoms with Crippen LogP contribution in [-0.4, -0.2) is 36.5 Å². The molecule has 0 aliphatic carbocycles. The van der Waals surface area contributed by atoms with E-state index < -0.39 is 0 Å². The average molecular weight is 276 g/mol. The number of rotatable bonds is 5. The van der Waals surface area contributed by atoms with E-state index in [1.54, 1.807) is 0 Å². The molecule has 1 aliphatic heterocycles. The Morgan fingerprint density at radius 3 is 3.00 bits per heavy atom. The Balaban J connectivity index is 1.68. The Morgan fingerprint density at radius 2 is 2.25 bits per heavy atom. The molecule has 1 aromatic rings. The number of likely N-dealkylation sites (tertiary alicyclic amines) is 1. The van der Waals surface area contributed by atoms with Crippen LogP contribution >= 0.6 is 0 Å². The van der Waals surface area contributed by atoms with Crippen LogP contribution < -0.4 is 10.5 Å². The van der Waals surface area contributed by atoms with Gasteiger partial charge in [-0.3, -0.25) is 4.79 Å². The first-order valence-corrected chi connectivity index (χ1v) is 7.38. The van der Waals surface area contributed by atoms with Gasteiger partial charge in [0.05, 0.1) is 6.61 Å². The third kappa shape index (κ3) is 4.23. The molecule has 4 nitrogen and oxygen atoms in total. The van der Waals surface area contributed by atoms with Crippen molar-refractivity contribution in [3.8, 4) is 5.75 Å². The molecule has 1 fully saturated rings. The molecule has 2 rings (SSSR count). The zero-order valence-electron chi connectivity index (χ0n) is 12.2. The Hall–Kier alpha value is -1.55. The molecule has 4 heteroatoms. The van der Waals surface area contributed by atoms with Gasteiger partial charge in [0.25, 0.3) is 0 Å². The van der Waals surface area contributed by atoms with E-state index in [0.717, 1.165) is 37.1 Å². The Bertz CT molecular complexity index is 448. The summed E-state index contributed by atoms with van der Waals surface area (Å²) in [4.78, 5) is 13.9. The highest BCUT2D eigenvalue weighted by Crippen LogP contribution is 2.16. The molecule has 0 radical (unpaired) electrons. The molecule has 0 spiro atoms. The van der Waals surface area contributed by atoms with Gasteiger partial charge in [-0.1, -0.05) is 18.2 Å². The zero-order chi connectivity index (χ0) is 14.4. The standard InChI is InChI=1S/C16H24N2O2/c1-13-6-2-3-8-15(13)20-11-5-9-16(19)18-10-4-7-14(17)12-18/h2-3,6,8,14H,4-5,7,9-12,17H2,1H3/t14-/m1/s1. The summed E-state index contributed by atoms with van der Waals surface area (Å²) in [5, 5.41) is 0. The smallest absolute Gasteiger partial charge is 0.222 e. The molecule has 1 saturated heterocycles. The number of amides is 1. The number of piperidine rings is 1. The minimum atomic E-state index is 0.149. The molecular weight excluding hydrogens is 252 g/mol. The van der Waals surface area contributed by atoms with Gasteiger partial charge in [0.15, 0.2) is 0 Å². The van der Waals surface area contributed by atoms with Crippen LogP contribution in [0.5, 0.6) is 5.75 Å². The molecule has 0 aromatic heterocycles. The van der Waals surface area contributed by atoms with E-state index in [2.05, 4.69) is 0 Å². The molecule has 0 unspecified atom stereocenters. The van der Waals surface area contributed by atoms with Gasteiger partial charge in [0.2, 0.25) is 5.91 Å². The Morgan fingerprint density at radius 1 is 1.45 bits per heavy atom. The molecule has 20 heavy (non-hydrogen) atoms. The van der Waals surface area contributed by atoms with Crippen molar-refractivity contribution in [2.24, 2.45) is 5.73 Å². The zero-order valence-corrected chi connectivity index (χ0v) is 12.2. The maximum Gasteiger partial charge on any atom is 0.222 e. The van der Waals surface area contributed by atoms with E-state index in [0.29, 0.717) is 19.6 Å². The summed E-state index contributed by atoms with van der Waals surface area (Å²) in [7, 11) is 0. The molecule has 110 valence electrons. The minimum Gasteiger partial charge on any atom is -0.493 e. The summed E-state index contributed by atoms with van der Waals surface area (Å²) in [6.45, 7) is 4.16. The first-order chi connectivity index (χ1) is 9.66. The van der Waals surface area contributed by atoms with Gasteiger partial charge in [0, 0.05) is 25.6 Å². The maximum atomic E-state index is 12.0. The van der Waals surface area contributed by atoms with Crippen LogP contribution in [0.3, 0.4) is 0 Å². The second-order valence-electron chi connectivity index (χ2n) is 5.46. The van der Waals surface area contributed by atoms with E-state index in [9.17, 15) is 4.79 Å². The summed E-state index contributed by atoms with van der Waals surface area (Å²) < 4.78 is 5.70. The predicted molar refractivity (Wildman–Crippen MR) is 79.7 cm³/mol. The fraction of sp³-hybridized carbons (Fsp3) is 0.562. The number of para-hydroxylation sites is 1. The van der Waals surface area contributed by atoms with Crippen molar-refractivity contribution in [2.75, 3.05) is 19.7 Å². The quantitative estimate of drug-likeness (QED) is 0.838. The second kappa shape index (κ2) is 7.29. The lowest BCUT2D eigenvalue weighted by Crippen LogP contribution is -2.45. The highest BCUT2D eigenvalue weighted by molar-refractivity contribution is 5.76. The minimum absolute atomic E-state index is 0.149. The summed E-state index contributed by atoms with van der Waals surface area (Å²) in [6, 6.07) is 8.08. The van der Waals surface area contributed by atoms with Crippen molar-refractivity contribution in [1.29, 1.82) is 0 Å². The SMILES string of the molecule is Cc1ccccc1OCCCC(=O)N1CCC[C@@H](N)C1. The van der Waals surface area contributed by atoms with E-state index in [4.69, 9.17) is 10.5 Å². The number of carbonyl (C=O) groups excluding carboxylic acids is 1. The maximum absolute atomic E-state index is 12.0. The summed E-state index contributed by atoms with van der Waals surface area (Å²) in [6.07, 6.45) is 3.34. The number of nitrogens with zero attached hydrogens (tertiary/aromatic N) is 1. The number of ether oxygens (including phenoxy) is 1. The van der Waals surface area contributed by atoms with Crippen LogP contribution in [0.25, 0.3) is 0 Å². The van der Waals surface area contributed by atoms with Crippen LogP contribution in [-0.2, 0) is 4.79 Å². The van der Waals surface area contributed by atoms with Gasteiger partial charge in [-0.2, -0.15) is 0 Å². The van der Waals surface area contributed by atoms with Crippen LogP contribution in [0, 0.1) is 6.92 Å². The second-order valence-corrected chi connectivity index (χ2v) is 5.46. The van der Waals surface area contributed by atoms with E-state index in [1.807, 2.05) is 36.1 Å². The van der Waals surface area contributed by atoms with Crippen molar-refractivity contribution in [3.05, 3.63) is 29.8 Å². The third-order valence-corrected chi connectivity index (χ3v) is 3.70. The molecule has 1 amide bonds. The predicted octanol–water partition coefficient (Wildman–Crippen LogP) is 2.10. The largest absolute Gasteiger partial charge is 0.493 e. The fourth-order valence-corrected chi connectivity index (χ4v) is 2.52. The Kier molecular flexibility index (Phi) is 5.41. The molecule has 1 heterocycles. The highest BCUT2D eigenvalue weighted by atomic mass is 16.5. The van der Waals surface area contributed by atoms with Crippen molar-refractivity contribution in [1.82, 2.24) is 4.90 Å². The van der Waals surface area contributed by atoms with Crippen LogP contribution in [0.15, 0.2) is 24.3 Å². The topological polar surface area (TPSA) is 55.6 Å². The molecule has 1 aliphatic rings. The number of nitrogens with two attached hydrogens (primary N) is 1. The van der Waals surface area contributed by atoms with Crippen LogP contribution in [0.1, 0.15) is 31.2 Å². The monoisotopic (exact) mass is 276 g/mol. The van der Waals surface area contributed by atoms with Gasteiger partial charge in [-0.15, -0.1) is 0 Å². The molecular formula is C16H24N2O2. The van der Waals surface area contributed by atoms with Gasteiger partial charge < -0.3 is 15.4 Å². The molecule has 0 bridgehead atoms.